The molecule has 3 heteroatoms. The lowest BCUT2D eigenvalue weighted by Gasteiger charge is -2.10. The Morgan fingerprint density at radius 1 is 1.47 bits per heavy atom. The van der Waals surface area contributed by atoms with E-state index in [1.54, 1.807) is 6.20 Å². The molecule has 0 aliphatic heterocycles. The number of nitrogens with zero attached hydrogens (tertiary/aromatic N) is 3. The highest BCUT2D eigenvalue weighted by atomic mass is 15.0. The second-order valence-corrected chi connectivity index (χ2v) is 3.97. The fourth-order valence-electron chi connectivity index (χ4n) is 1.85. The number of hydrogen-bond donors (Lipinski definition) is 0. The van der Waals surface area contributed by atoms with Gasteiger partial charge in [0, 0.05) is 17.6 Å². The molecule has 0 atom stereocenters. The third-order valence-electron chi connectivity index (χ3n) is 2.55. The van der Waals surface area contributed by atoms with Gasteiger partial charge in [-0.2, -0.15) is 0 Å². The van der Waals surface area contributed by atoms with Crippen molar-refractivity contribution in [3.05, 3.63) is 41.1 Å². The van der Waals surface area contributed by atoms with Crippen LogP contribution >= 0.6 is 0 Å². The van der Waals surface area contributed by atoms with Gasteiger partial charge in [0.1, 0.15) is 5.65 Å². The van der Waals surface area contributed by atoms with Crippen molar-refractivity contribution in [1.29, 1.82) is 0 Å². The molecule has 0 N–H and O–H groups in total. The molecule has 2 aromatic heterocycles. The van der Waals surface area contributed by atoms with E-state index in [4.69, 9.17) is 6.57 Å². The van der Waals surface area contributed by atoms with Crippen LogP contribution in [0.2, 0.25) is 0 Å². The zero-order chi connectivity index (χ0) is 11.0. The second-order valence-electron chi connectivity index (χ2n) is 3.97. The van der Waals surface area contributed by atoms with Gasteiger partial charge in [0.15, 0.2) is 0 Å². The molecule has 0 saturated heterocycles. The van der Waals surface area contributed by atoms with Crippen LogP contribution in [0.1, 0.15) is 31.2 Å². The predicted octanol–water partition coefficient (Wildman–Crippen LogP) is 3.32. The summed E-state index contributed by atoms with van der Waals surface area (Å²) in [5.41, 5.74) is 3.68. The van der Waals surface area contributed by atoms with Crippen molar-refractivity contribution >= 4 is 11.3 Å². The number of rotatable bonds is 1. The summed E-state index contributed by atoms with van der Waals surface area (Å²) in [6.07, 6.45) is 1.78. The molecule has 3 nitrogen and oxygen atoms in total. The summed E-state index contributed by atoms with van der Waals surface area (Å²) >= 11 is 0. The fourth-order valence-corrected chi connectivity index (χ4v) is 1.85. The van der Waals surface area contributed by atoms with E-state index in [0.717, 1.165) is 11.3 Å². The highest BCUT2D eigenvalue weighted by molar-refractivity contribution is 5.71. The Morgan fingerprint density at radius 3 is 2.80 bits per heavy atom. The van der Waals surface area contributed by atoms with Crippen molar-refractivity contribution in [1.82, 2.24) is 9.38 Å². The van der Waals surface area contributed by atoms with Crippen LogP contribution in [0.3, 0.4) is 0 Å². The molecule has 0 radical (unpaired) electrons. The lowest BCUT2D eigenvalue weighted by atomic mass is 10.1. The van der Waals surface area contributed by atoms with Gasteiger partial charge >= 0.3 is 0 Å². The number of aryl methyl sites for hydroxylation is 1. The van der Waals surface area contributed by atoms with Crippen molar-refractivity contribution in [3.8, 4) is 0 Å². The molecule has 0 fully saturated rings. The average molecular weight is 199 g/mol. The van der Waals surface area contributed by atoms with E-state index in [2.05, 4.69) is 28.1 Å². The fraction of sp³-hybridized carbons (Fsp3) is 0.333. The maximum absolute atomic E-state index is 7.09. The first kappa shape index (κ1) is 9.72. The van der Waals surface area contributed by atoms with Crippen molar-refractivity contribution < 1.29 is 0 Å². The smallest absolute Gasteiger partial charge is 0.230 e. The van der Waals surface area contributed by atoms with Gasteiger partial charge in [-0.25, -0.2) is 4.85 Å². The first-order valence-corrected chi connectivity index (χ1v) is 4.99. The zero-order valence-corrected chi connectivity index (χ0v) is 9.15. The standard InChI is InChI=1S/C12H13N3/c1-8(2)11-5-6-14-12-10(13-4)7-9(3)15(11)12/h5-8H,1-3H3. The molecule has 15 heavy (non-hydrogen) atoms. The molecule has 0 aromatic carbocycles. The highest BCUT2D eigenvalue weighted by Crippen LogP contribution is 2.26. The molecule has 0 bridgehead atoms. The molecule has 0 spiro atoms. The Kier molecular flexibility index (Phi) is 2.20. The molecule has 0 unspecified atom stereocenters. The summed E-state index contributed by atoms with van der Waals surface area (Å²) in [5, 5.41) is 0. The molecule has 2 rings (SSSR count). The minimum atomic E-state index is 0.431. The van der Waals surface area contributed by atoms with E-state index >= 15 is 0 Å². The maximum atomic E-state index is 7.09. The molecule has 2 heterocycles. The largest absolute Gasteiger partial charge is 0.313 e. The quantitative estimate of drug-likeness (QED) is 0.646. The van der Waals surface area contributed by atoms with E-state index in [-0.39, 0.29) is 0 Å². The minimum absolute atomic E-state index is 0.431. The van der Waals surface area contributed by atoms with Gasteiger partial charge in [0.2, 0.25) is 5.69 Å². The molecule has 0 amide bonds. The van der Waals surface area contributed by atoms with Crippen LogP contribution in [0.25, 0.3) is 10.5 Å². The van der Waals surface area contributed by atoms with Gasteiger partial charge in [-0.15, -0.1) is 0 Å². The van der Waals surface area contributed by atoms with E-state index in [1.807, 2.05) is 19.1 Å². The van der Waals surface area contributed by atoms with Crippen LogP contribution in [0, 0.1) is 13.5 Å². The maximum Gasteiger partial charge on any atom is 0.230 e. The predicted molar refractivity (Wildman–Crippen MR) is 60.3 cm³/mol. The van der Waals surface area contributed by atoms with Gasteiger partial charge in [-0.3, -0.25) is 4.98 Å². The van der Waals surface area contributed by atoms with E-state index in [9.17, 15) is 0 Å². The Morgan fingerprint density at radius 2 is 2.20 bits per heavy atom. The van der Waals surface area contributed by atoms with E-state index in [0.29, 0.717) is 11.6 Å². The number of aromatic nitrogens is 2. The third kappa shape index (κ3) is 1.39. The SMILES string of the molecule is [C-]#[N+]c1cc(C)n2c(C(C)C)ccnc12. The van der Waals surface area contributed by atoms with Crippen LogP contribution in [-0.2, 0) is 0 Å². The molecule has 76 valence electrons. The topological polar surface area (TPSA) is 21.7 Å². The third-order valence-corrected chi connectivity index (χ3v) is 2.55. The second kappa shape index (κ2) is 3.39. The van der Waals surface area contributed by atoms with Crippen molar-refractivity contribution in [2.24, 2.45) is 0 Å². The summed E-state index contributed by atoms with van der Waals surface area (Å²) in [6.45, 7) is 13.4. The Bertz CT molecular complexity index is 544. The van der Waals surface area contributed by atoms with Crippen molar-refractivity contribution in [2.75, 3.05) is 0 Å². The summed E-state index contributed by atoms with van der Waals surface area (Å²) in [5.74, 6) is 0.431. The van der Waals surface area contributed by atoms with Gasteiger partial charge in [0.05, 0.1) is 6.57 Å². The van der Waals surface area contributed by atoms with Crippen molar-refractivity contribution in [3.63, 3.8) is 0 Å². The van der Waals surface area contributed by atoms with Gasteiger partial charge < -0.3 is 4.40 Å². The summed E-state index contributed by atoms with van der Waals surface area (Å²) in [6, 6.07) is 3.90. The monoisotopic (exact) mass is 199 g/mol. The molecule has 0 aliphatic carbocycles. The van der Waals surface area contributed by atoms with Crippen LogP contribution in [-0.4, -0.2) is 9.38 Å². The Labute approximate surface area is 89.2 Å². The first-order valence-electron chi connectivity index (χ1n) is 4.99. The highest BCUT2D eigenvalue weighted by Gasteiger charge is 2.11. The molecule has 2 aromatic rings. The lowest BCUT2D eigenvalue weighted by molar-refractivity contribution is 0.787. The average Bonchev–Trinajstić information content (AvgIpc) is 2.55. The van der Waals surface area contributed by atoms with Gasteiger partial charge in [-0.1, -0.05) is 13.8 Å². The Hall–Kier alpha value is -1.82. The zero-order valence-electron chi connectivity index (χ0n) is 9.15. The molecule has 0 saturated carbocycles. The van der Waals surface area contributed by atoms with Crippen molar-refractivity contribution in [2.45, 2.75) is 26.7 Å². The lowest BCUT2D eigenvalue weighted by Crippen LogP contribution is -2.01. The van der Waals surface area contributed by atoms with E-state index in [1.165, 1.54) is 5.69 Å². The van der Waals surface area contributed by atoms with E-state index < -0.39 is 0 Å². The molecular weight excluding hydrogens is 186 g/mol. The van der Waals surface area contributed by atoms with Crippen LogP contribution in [0.5, 0.6) is 0 Å². The summed E-state index contributed by atoms with van der Waals surface area (Å²) < 4.78 is 2.07. The first-order chi connectivity index (χ1) is 7.15. The van der Waals surface area contributed by atoms with Gasteiger partial charge in [-0.05, 0) is 25.0 Å². The number of fused-ring (bicyclic) bond motifs is 1. The minimum Gasteiger partial charge on any atom is -0.313 e. The normalized spacial score (nSPS) is 10.9. The van der Waals surface area contributed by atoms with Crippen LogP contribution in [0.4, 0.5) is 5.69 Å². The van der Waals surface area contributed by atoms with Gasteiger partial charge in [0.25, 0.3) is 0 Å². The number of hydrogen-bond acceptors (Lipinski definition) is 1. The molecule has 0 aliphatic rings. The molecular formula is C12H13N3. The van der Waals surface area contributed by atoms with Crippen LogP contribution in [0.15, 0.2) is 18.3 Å². The Balaban J connectivity index is 2.87. The summed E-state index contributed by atoms with van der Waals surface area (Å²) in [7, 11) is 0. The van der Waals surface area contributed by atoms with Crippen LogP contribution < -0.4 is 0 Å². The summed E-state index contributed by atoms with van der Waals surface area (Å²) in [4.78, 5) is 7.75.